The summed E-state index contributed by atoms with van der Waals surface area (Å²) in [7, 11) is 1.88. The van der Waals surface area contributed by atoms with Crippen molar-refractivity contribution in [2.75, 3.05) is 6.54 Å². The lowest BCUT2D eigenvalue weighted by Gasteiger charge is -2.26. The minimum absolute atomic E-state index is 0.388. The first-order chi connectivity index (χ1) is 11.4. The molecule has 0 aromatic carbocycles. The van der Waals surface area contributed by atoms with Gasteiger partial charge >= 0.3 is 0 Å². The number of aliphatic hydroxyl groups excluding tert-OH is 1. The molecule has 0 saturated carbocycles. The lowest BCUT2D eigenvalue weighted by Crippen LogP contribution is -2.30. The number of aryl methyl sites for hydroxylation is 2. The molecule has 0 amide bonds. The molecule has 2 aromatic rings. The summed E-state index contributed by atoms with van der Waals surface area (Å²) in [6, 6.07) is 0.807. The summed E-state index contributed by atoms with van der Waals surface area (Å²) in [5.74, 6) is 0. The Kier molecular flexibility index (Phi) is 5.06. The first kappa shape index (κ1) is 17.2. The van der Waals surface area contributed by atoms with E-state index >= 15 is 0 Å². The molecule has 1 saturated heterocycles. The Labute approximate surface area is 144 Å². The largest absolute Gasteiger partial charge is 0.388 e. The molecule has 2 atom stereocenters. The minimum Gasteiger partial charge on any atom is -0.388 e. The van der Waals surface area contributed by atoms with E-state index < -0.39 is 6.10 Å². The highest BCUT2D eigenvalue weighted by Gasteiger charge is 2.28. The topological polar surface area (TPSA) is 59.1 Å². The van der Waals surface area contributed by atoms with Crippen molar-refractivity contribution in [1.82, 2.24) is 24.5 Å². The molecule has 3 heterocycles. The SMILES string of the molecule is Cc1nn(C(C)C)cc1CN1CCC[C@@H]1C[C@@H](O)c1cnn(C)c1. The van der Waals surface area contributed by atoms with Gasteiger partial charge in [0.2, 0.25) is 0 Å². The van der Waals surface area contributed by atoms with E-state index in [4.69, 9.17) is 0 Å². The van der Waals surface area contributed by atoms with E-state index in [2.05, 4.69) is 42.1 Å². The molecule has 0 aliphatic carbocycles. The van der Waals surface area contributed by atoms with Gasteiger partial charge < -0.3 is 5.11 Å². The molecule has 0 spiro atoms. The molecule has 6 nitrogen and oxygen atoms in total. The fraction of sp³-hybridized carbons (Fsp3) is 0.667. The molecular weight excluding hydrogens is 302 g/mol. The van der Waals surface area contributed by atoms with Gasteiger partial charge in [-0.25, -0.2) is 0 Å². The highest BCUT2D eigenvalue weighted by molar-refractivity contribution is 5.16. The molecule has 0 unspecified atom stereocenters. The molecule has 2 aromatic heterocycles. The summed E-state index contributed by atoms with van der Waals surface area (Å²) in [6.45, 7) is 8.40. The van der Waals surface area contributed by atoms with Gasteiger partial charge in [-0.1, -0.05) is 0 Å². The molecule has 24 heavy (non-hydrogen) atoms. The van der Waals surface area contributed by atoms with E-state index in [0.717, 1.165) is 37.2 Å². The highest BCUT2D eigenvalue weighted by Crippen LogP contribution is 2.29. The predicted molar refractivity (Wildman–Crippen MR) is 93.6 cm³/mol. The summed E-state index contributed by atoms with van der Waals surface area (Å²) < 4.78 is 3.79. The van der Waals surface area contributed by atoms with Crippen molar-refractivity contribution in [2.45, 2.75) is 64.8 Å². The number of hydrogen-bond donors (Lipinski definition) is 1. The van der Waals surface area contributed by atoms with E-state index in [1.165, 1.54) is 12.0 Å². The fourth-order valence-electron chi connectivity index (χ4n) is 3.53. The van der Waals surface area contributed by atoms with E-state index in [-0.39, 0.29) is 0 Å². The molecular formula is C18H29N5O. The second-order valence-electron chi connectivity index (χ2n) is 7.28. The van der Waals surface area contributed by atoms with Gasteiger partial charge in [0.05, 0.1) is 18.0 Å². The molecule has 1 aliphatic rings. The highest BCUT2D eigenvalue weighted by atomic mass is 16.3. The third kappa shape index (κ3) is 3.70. The van der Waals surface area contributed by atoms with Gasteiger partial charge in [-0.3, -0.25) is 14.3 Å². The standard InChI is InChI=1S/C18H29N5O/c1-13(2)23-12-16(14(3)20-23)11-22-7-5-6-17(22)8-18(24)15-9-19-21(4)10-15/h9-10,12-13,17-18,24H,5-8,11H2,1-4H3/t17-,18-/m1/s1. The number of aromatic nitrogens is 4. The van der Waals surface area contributed by atoms with Crippen LogP contribution in [0.4, 0.5) is 0 Å². The van der Waals surface area contributed by atoms with Gasteiger partial charge in [0, 0.05) is 49.2 Å². The normalized spacial score (nSPS) is 20.2. The summed E-state index contributed by atoms with van der Waals surface area (Å²) in [5, 5.41) is 19.3. The van der Waals surface area contributed by atoms with Crippen LogP contribution in [0.3, 0.4) is 0 Å². The summed E-state index contributed by atoms with van der Waals surface area (Å²) in [5.41, 5.74) is 3.32. The lowest BCUT2D eigenvalue weighted by molar-refractivity contribution is 0.118. The molecule has 3 rings (SSSR count). The van der Waals surface area contributed by atoms with E-state index in [1.807, 2.05) is 17.9 Å². The Hall–Kier alpha value is -1.66. The van der Waals surface area contributed by atoms with Gasteiger partial charge in [-0.2, -0.15) is 10.2 Å². The average Bonchev–Trinajstić information content (AvgIpc) is 3.22. The van der Waals surface area contributed by atoms with Crippen LogP contribution in [0, 0.1) is 6.92 Å². The maximum Gasteiger partial charge on any atom is 0.0835 e. The number of rotatable bonds is 6. The van der Waals surface area contributed by atoms with Crippen molar-refractivity contribution >= 4 is 0 Å². The zero-order valence-corrected chi connectivity index (χ0v) is 15.2. The Bertz CT molecular complexity index is 675. The van der Waals surface area contributed by atoms with Crippen molar-refractivity contribution in [3.8, 4) is 0 Å². The van der Waals surface area contributed by atoms with Gasteiger partial charge in [-0.15, -0.1) is 0 Å². The summed E-state index contributed by atoms with van der Waals surface area (Å²) in [4.78, 5) is 2.49. The summed E-state index contributed by atoms with van der Waals surface area (Å²) >= 11 is 0. The predicted octanol–water partition coefficient (Wildman–Crippen LogP) is 2.59. The molecule has 1 aliphatic heterocycles. The van der Waals surface area contributed by atoms with Crippen LogP contribution in [-0.2, 0) is 13.6 Å². The minimum atomic E-state index is -0.441. The van der Waals surface area contributed by atoms with Crippen LogP contribution in [0.2, 0.25) is 0 Å². The average molecular weight is 331 g/mol. The van der Waals surface area contributed by atoms with Crippen LogP contribution in [0.5, 0.6) is 0 Å². The first-order valence-electron chi connectivity index (χ1n) is 8.89. The maximum absolute atomic E-state index is 10.5. The molecule has 0 bridgehead atoms. The van der Waals surface area contributed by atoms with Crippen LogP contribution >= 0.6 is 0 Å². The van der Waals surface area contributed by atoms with Crippen molar-refractivity contribution in [1.29, 1.82) is 0 Å². The summed E-state index contributed by atoms with van der Waals surface area (Å²) in [6.07, 6.45) is 8.51. The monoisotopic (exact) mass is 331 g/mol. The smallest absolute Gasteiger partial charge is 0.0835 e. The first-order valence-corrected chi connectivity index (χ1v) is 8.89. The third-order valence-electron chi connectivity index (χ3n) is 5.02. The van der Waals surface area contributed by atoms with Gasteiger partial charge in [0.15, 0.2) is 0 Å². The fourth-order valence-corrected chi connectivity index (χ4v) is 3.53. The van der Waals surface area contributed by atoms with Gasteiger partial charge in [0.1, 0.15) is 0 Å². The van der Waals surface area contributed by atoms with Crippen molar-refractivity contribution in [3.63, 3.8) is 0 Å². The Morgan fingerprint density at radius 1 is 1.33 bits per heavy atom. The zero-order chi connectivity index (χ0) is 17.3. The Morgan fingerprint density at radius 2 is 2.12 bits per heavy atom. The number of likely N-dealkylation sites (tertiary alicyclic amines) is 1. The van der Waals surface area contributed by atoms with E-state index in [1.54, 1.807) is 10.9 Å². The van der Waals surface area contributed by atoms with E-state index in [0.29, 0.717) is 12.1 Å². The van der Waals surface area contributed by atoms with Crippen molar-refractivity contribution in [2.24, 2.45) is 7.05 Å². The molecule has 1 fully saturated rings. The van der Waals surface area contributed by atoms with Crippen molar-refractivity contribution < 1.29 is 5.11 Å². The second kappa shape index (κ2) is 7.07. The van der Waals surface area contributed by atoms with Gasteiger partial charge in [-0.05, 0) is 46.6 Å². The quantitative estimate of drug-likeness (QED) is 0.884. The number of aliphatic hydroxyl groups is 1. The Morgan fingerprint density at radius 3 is 2.75 bits per heavy atom. The van der Waals surface area contributed by atoms with Gasteiger partial charge in [0.25, 0.3) is 0 Å². The van der Waals surface area contributed by atoms with Crippen LogP contribution in [0.25, 0.3) is 0 Å². The Balaban J connectivity index is 1.65. The van der Waals surface area contributed by atoms with Crippen LogP contribution in [-0.4, -0.2) is 42.2 Å². The van der Waals surface area contributed by atoms with Crippen LogP contribution in [0.15, 0.2) is 18.6 Å². The van der Waals surface area contributed by atoms with Crippen molar-refractivity contribution in [3.05, 3.63) is 35.4 Å². The second-order valence-corrected chi connectivity index (χ2v) is 7.28. The molecule has 6 heteroatoms. The number of hydrogen-bond acceptors (Lipinski definition) is 4. The number of nitrogens with zero attached hydrogens (tertiary/aromatic N) is 5. The molecule has 1 N–H and O–H groups in total. The zero-order valence-electron chi connectivity index (χ0n) is 15.2. The van der Waals surface area contributed by atoms with Crippen LogP contribution in [0.1, 0.15) is 62.1 Å². The van der Waals surface area contributed by atoms with E-state index in [9.17, 15) is 5.11 Å². The third-order valence-corrected chi connectivity index (χ3v) is 5.02. The maximum atomic E-state index is 10.5. The molecule has 132 valence electrons. The lowest BCUT2D eigenvalue weighted by atomic mass is 10.0. The molecule has 0 radical (unpaired) electrons. The van der Waals surface area contributed by atoms with Crippen LogP contribution < -0.4 is 0 Å².